The number of rotatable bonds is 2. The highest BCUT2D eigenvalue weighted by Gasteiger charge is 2.33. The summed E-state index contributed by atoms with van der Waals surface area (Å²) in [6.45, 7) is 1.10. The maximum atomic E-state index is 11.0. The minimum Gasteiger partial charge on any atom is -0.477 e. The van der Waals surface area contributed by atoms with Gasteiger partial charge < -0.3 is 10.0 Å². The molecule has 2 aliphatic rings. The van der Waals surface area contributed by atoms with Gasteiger partial charge in [0.1, 0.15) is 4.88 Å². The Hall–Kier alpha value is -1.03. The molecule has 1 aliphatic heterocycles. The molecule has 18 heavy (non-hydrogen) atoms. The molecule has 3 rings (SSSR count). The number of piperidine rings is 1. The van der Waals surface area contributed by atoms with Crippen molar-refractivity contribution >= 4 is 22.3 Å². The van der Waals surface area contributed by atoms with Gasteiger partial charge in [0, 0.05) is 12.6 Å². The van der Waals surface area contributed by atoms with Gasteiger partial charge in [0.25, 0.3) is 0 Å². The molecular weight excluding hydrogens is 246 g/mol. The van der Waals surface area contributed by atoms with Crippen molar-refractivity contribution in [2.75, 3.05) is 11.4 Å². The van der Waals surface area contributed by atoms with E-state index in [-0.39, 0.29) is 0 Å². The summed E-state index contributed by atoms with van der Waals surface area (Å²) >= 11 is 1.43. The van der Waals surface area contributed by atoms with Crippen molar-refractivity contribution in [1.29, 1.82) is 0 Å². The SMILES string of the molecule is O=C(O)c1ccc(N2CCCC3CCCCC32)s1. The van der Waals surface area contributed by atoms with Gasteiger partial charge in [0.05, 0.1) is 5.00 Å². The van der Waals surface area contributed by atoms with Gasteiger partial charge in [-0.2, -0.15) is 0 Å². The molecule has 98 valence electrons. The smallest absolute Gasteiger partial charge is 0.345 e. The molecule has 0 radical (unpaired) electrons. The first kappa shape index (κ1) is 12.0. The van der Waals surface area contributed by atoms with Gasteiger partial charge in [-0.1, -0.05) is 12.8 Å². The van der Waals surface area contributed by atoms with Crippen LogP contribution in [0.5, 0.6) is 0 Å². The van der Waals surface area contributed by atoms with Crippen molar-refractivity contribution in [2.45, 2.75) is 44.6 Å². The maximum Gasteiger partial charge on any atom is 0.345 e. The molecule has 1 aromatic heterocycles. The highest BCUT2D eigenvalue weighted by molar-refractivity contribution is 7.17. The van der Waals surface area contributed by atoms with E-state index in [0.717, 1.165) is 17.5 Å². The van der Waals surface area contributed by atoms with Gasteiger partial charge in [-0.25, -0.2) is 4.79 Å². The molecule has 0 amide bonds. The van der Waals surface area contributed by atoms with Crippen LogP contribution in [0.4, 0.5) is 5.00 Å². The zero-order valence-electron chi connectivity index (χ0n) is 10.5. The molecule has 3 nitrogen and oxygen atoms in total. The third-order valence-corrected chi connectivity index (χ3v) is 5.44. The van der Waals surface area contributed by atoms with E-state index in [1.54, 1.807) is 6.07 Å². The van der Waals surface area contributed by atoms with Crippen LogP contribution in [0.3, 0.4) is 0 Å². The summed E-state index contributed by atoms with van der Waals surface area (Å²) in [4.78, 5) is 13.9. The molecule has 0 aromatic carbocycles. The van der Waals surface area contributed by atoms with Crippen LogP contribution < -0.4 is 4.90 Å². The fourth-order valence-electron chi connectivity index (χ4n) is 3.50. The van der Waals surface area contributed by atoms with Crippen molar-refractivity contribution in [3.05, 3.63) is 17.0 Å². The molecule has 4 heteroatoms. The number of carboxylic acids is 1. The summed E-state index contributed by atoms with van der Waals surface area (Å²) in [5, 5.41) is 10.2. The van der Waals surface area contributed by atoms with Crippen molar-refractivity contribution < 1.29 is 9.90 Å². The van der Waals surface area contributed by atoms with Crippen LogP contribution in [0.2, 0.25) is 0 Å². The maximum absolute atomic E-state index is 11.0. The molecule has 0 bridgehead atoms. The lowest BCUT2D eigenvalue weighted by atomic mass is 9.78. The summed E-state index contributed by atoms with van der Waals surface area (Å²) < 4.78 is 0. The number of hydrogen-bond acceptors (Lipinski definition) is 3. The number of nitrogens with zero attached hydrogens (tertiary/aromatic N) is 1. The van der Waals surface area contributed by atoms with Gasteiger partial charge in [-0.05, 0) is 43.7 Å². The Bertz CT molecular complexity index is 441. The van der Waals surface area contributed by atoms with Crippen LogP contribution in [0.15, 0.2) is 12.1 Å². The number of carbonyl (C=O) groups is 1. The van der Waals surface area contributed by atoms with Crippen molar-refractivity contribution in [2.24, 2.45) is 5.92 Å². The van der Waals surface area contributed by atoms with Crippen LogP contribution in [-0.4, -0.2) is 23.7 Å². The van der Waals surface area contributed by atoms with Gasteiger partial charge in [0.15, 0.2) is 0 Å². The zero-order valence-corrected chi connectivity index (χ0v) is 11.3. The van der Waals surface area contributed by atoms with E-state index in [1.165, 1.54) is 49.9 Å². The quantitative estimate of drug-likeness (QED) is 0.888. The van der Waals surface area contributed by atoms with E-state index in [0.29, 0.717) is 10.9 Å². The highest BCUT2D eigenvalue weighted by Crippen LogP contribution is 2.39. The predicted octanol–water partition coefficient (Wildman–Crippen LogP) is 3.61. The Kier molecular flexibility index (Phi) is 3.29. The van der Waals surface area contributed by atoms with Crippen LogP contribution in [0.1, 0.15) is 48.2 Å². The average molecular weight is 265 g/mol. The van der Waals surface area contributed by atoms with E-state index < -0.39 is 5.97 Å². The van der Waals surface area contributed by atoms with Gasteiger partial charge in [0.2, 0.25) is 0 Å². The standard InChI is InChI=1S/C14H19NO2S/c16-14(17)12-7-8-13(18-12)15-9-3-5-10-4-1-2-6-11(10)15/h7-8,10-11H,1-6,9H2,(H,16,17). The van der Waals surface area contributed by atoms with Crippen molar-refractivity contribution in [1.82, 2.24) is 0 Å². The van der Waals surface area contributed by atoms with E-state index in [9.17, 15) is 4.79 Å². The predicted molar refractivity (Wildman–Crippen MR) is 73.6 cm³/mol. The normalized spacial score (nSPS) is 27.9. The lowest BCUT2D eigenvalue weighted by molar-refractivity contribution is 0.0702. The molecule has 1 N–H and O–H groups in total. The summed E-state index contributed by atoms with van der Waals surface area (Å²) in [7, 11) is 0. The molecule has 1 saturated carbocycles. The van der Waals surface area contributed by atoms with Gasteiger partial charge in [-0.15, -0.1) is 11.3 Å². The summed E-state index contributed by atoms with van der Waals surface area (Å²) in [5.74, 6) is 0.0336. The fraction of sp³-hybridized carbons (Fsp3) is 0.643. The summed E-state index contributed by atoms with van der Waals surface area (Å²) in [5.41, 5.74) is 0. The Morgan fingerprint density at radius 2 is 2.00 bits per heavy atom. The monoisotopic (exact) mass is 265 g/mol. The lowest BCUT2D eigenvalue weighted by Crippen LogP contribution is -2.46. The first-order valence-electron chi connectivity index (χ1n) is 6.85. The zero-order chi connectivity index (χ0) is 12.5. The third-order valence-electron chi connectivity index (χ3n) is 4.33. The number of fused-ring (bicyclic) bond motifs is 1. The Balaban J connectivity index is 1.82. The van der Waals surface area contributed by atoms with E-state index in [1.807, 2.05) is 6.07 Å². The molecule has 2 unspecified atom stereocenters. The molecule has 2 atom stereocenters. The van der Waals surface area contributed by atoms with Crippen LogP contribution in [0, 0.1) is 5.92 Å². The molecule has 1 saturated heterocycles. The second-order valence-corrected chi connectivity index (χ2v) is 6.45. The van der Waals surface area contributed by atoms with Crippen molar-refractivity contribution in [3.63, 3.8) is 0 Å². The van der Waals surface area contributed by atoms with E-state index in [2.05, 4.69) is 4.90 Å². The van der Waals surface area contributed by atoms with E-state index >= 15 is 0 Å². The second kappa shape index (κ2) is 4.92. The topological polar surface area (TPSA) is 40.5 Å². The fourth-order valence-corrected chi connectivity index (χ4v) is 4.42. The first-order chi connectivity index (χ1) is 8.75. The number of thiophene rings is 1. The molecule has 1 aliphatic carbocycles. The van der Waals surface area contributed by atoms with Gasteiger partial charge >= 0.3 is 5.97 Å². The van der Waals surface area contributed by atoms with E-state index in [4.69, 9.17) is 5.11 Å². The Labute approximate surface area is 111 Å². The minimum atomic E-state index is -0.802. The van der Waals surface area contributed by atoms with Crippen LogP contribution in [-0.2, 0) is 0 Å². The molecule has 1 aromatic rings. The Morgan fingerprint density at radius 3 is 2.78 bits per heavy atom. The first-order valence-corrected chi connectivity index (χ1v) is 7.67. The number of aromatic carboxylic acids is 1. The molecule has 2 fully saturated rings. The summed E-state index contributed by atoms with van der Waals surface area (Å²) in [6.07, 6.45) is 7.96. The second-order valence-electron chi connectivity index (χ2n) is 5.39. The van der Waals surface area contributed by atoms with Gasteiger partial charge in [-0.3, -0.25) is 0 Å². The largest absolute Gasteiger partial charge is 0.477 e. The molecule has 2 heterocycles. The Morgan fingerprint density at radius 1 is 1.22 bits per heavy atom. The third kappa shape index (κ3) is 2.14. The highest BCUT2D eigenvalue weighted by atomic mass is 32.1. The van der Waals surface area contributed by atoms with Crippen LogP contribution >= 0.6 is 11.3 Å². The number of anilines is 1. The van der Waals surface area contributed by atoms with Crippen LogP contribution in [0.25, 0.3) is 0 Å². The average Bonchev–Trinajstić information content (AvgIpc) is 2.87. The minimum absolute atomic E-state index is 0.461. The number of carboxylic acid groups (broad SMARTS) is 1. The number of hydrogen-bond donors (Lipinski definition) is 1. The molecule has 0 spiro atoms. The lowest BCUT2D eigenvalue weighted by Gasteiger charge is -2.44. The van der Waals surface area contributed by atoms with Crippen molar-refractivity contribution in [3.8, 4) is 0 Å². The summed E-state index contributed by atoms with van der Waals surface area (Å²) in [6, 6.07) is 4.40. The molecular formula is C14H19NO2S.